The SMILES string of the molecule is C#CC1CCC(N(C)C(C)=O)CC1. The second kappa shape index (κ2) is 4.32. The van der Waals surface area contributed by atoms with Crippen LogP contribution in [-0.2, 0) is 4.79 Å². The third-order valence-electron chi connectivity index (χ3n) is 2.98. The lowest BCUT2D eigenvalue weighted by atomic mass is 9.86. The highest BCUT2D eigenvalue weighted by molar-refractivity contribution is 5.73. The largest absolute Gasteiger partial charge is 0.343 e. The summed E-state index contributed by atoms with van der Waals surface area (Å²) < 4.78 is 0. The molecule has 0 aliphatic heterocycles. The number of rotatable bonds is 1. The highest BCUT2D eigenvalue weighted by atomic mass is 16.2. The van der Waals surface area contributed by atoms with Gasteiger partial charge in [-0.1, -0.05) is 0 Å². The molecule has 0 aromatic carbocycles. The highest BCUT2D eigenvalue weighted by Crippen LogP contribution is 2.26. The van der Waals surface area contributed by atoms with Gasteiger partial charge in [0.15, 0.2) is 0 Å². The highest BCUT2D eigenvalue weighted by Gasteiger charge is 2.23. The first-order valence-corrected chi connectivity index (χ1v) is 4.84. The number of carbonyl (C=O) groups excluding carboxylic acids is 1. The van der Waals surface area contributed by atoms with E-state index in [4.69, 9.17) is 6.42 Å². The lowest BCUT2D eigenvalue weighted by Gasteiger charge is -2.32. The molecule has 13 heavy (non-hydrogen) atoms. The smallest absolute Gasteiger partial charge is 0.219 e. The maximum Gasteiger partial charge on any atom is 0.219 e. The molecule has 0 heterocycles. The molecule has 0 radical (unpaired) electrons. The topological polar surface area (TPSA) is 20.3 Å². The van der Waals surface area contributed by atoms with Crippen LogP contribution in [0.15, 0.2) is 0 Å². The van der Waals surface area contributed by atoms with Gasteiger partial charge in [-0.3, -0.25) is 4.79 Å². The van der Waals surface area contributed by atoms with Crippen molar-refractivity contribution in [3.8, 4) is 12.3 Å². The Morgan fingerprint density at radius 2 is 1.92 bits per heavy atom. The second-order valence-corrected chi connectivity index (χ2v) is 3.80. The zero-order valence-electron chi connectivity index (χ0n) is 8.42. The van der Waals surface area contributed by atoms with E-state index >= 15 is 0 Å². The van der Waals surface area contributed by atoms with Gasteiger partial charge < -0.3 is 4.90 Å². The van der Waals surface area contributed by atoms with E-state index in [1.54, 1.807) is 6.92 Å². The lowest BCUT2D eigenvalue weighted by molar-refractivity contribution is -0.130. The van der Waals surface area contributed by atoms with Gasteiger partial charge in [-0.2, -0.15) is 0 Å². The van der Waals surface area contributed by atoms with Crippen molar-refractivity contribution in [2.24, 2.45) is 5.92 Å². The molecule has 1 rings (SSSR count). The van der Waals surface area contributed by atoms with Gasteiger partial charge >= 0.3 is 0 Å². The van der Waals surface area contributed by atoms with Crippen LogP contribution >= 0.6 is 0 Å². The molecule has 1 amide bonds. The first-order chi connectivity index (χ1) is 6.15. The van der Waals surface area contributed by atoms with Crippen LogP contribution in [0, 0.1) is 18.3 Å². The molecule has 72 valence electrons. The molecule has 0 unspecified atom stereocenters. The van der Waals surface area contributed by atoms with Gasteiger partial charge in [-0.25, -0.2) is 0 Å². The van der Waals surface area contributed by atoms with E-state index in [2.05, 4.69) is 5.92 Å². The number of nitrogens with zero attached hydrogens (tertiary/aromatic N) is 1. The molecule has 0 N–H and O–H groups in total. The Labute approximate surface area is 80.3 Å². The Morgan fingerprint density at radius 3 is 2.31 bits per heavy atom. The maximum absolute atomic E-state index is 11.1. The summed E-state index contributed by atoms with van der Waals surface area (Å²) in [7, 11) is 1.88. The minimum atomic E-state index is 0.157. The normalized spacial score (nSPS) is 27.8. The van der Waals surface area contributed by atoms with E-state index in [1.807, 2.05) is 11.9 Å². The molecule has 0 aromatic heterocycles. The summed E-state index contributed by atoms with van der Waals surface area (Å²) >= 11 is 0. The molecule has 1 saturated carbocycles. The fourth-order valence-corrected chi connectivity index (χ4v) is 1.89. The monoisotopic (exact) mass is 179 g/mol. The van der Waals surface area contributed by atoms with Gasteiger partial charge in [0.25, 0.3) is 0 Å². The van der Waals surface area contributed by atoms with Gasteiger partial charge in [0.1, 0.15) is 0 Å². The lowest BCUT2D eigenvalue weighted by Crippen LogP contribution is -2.37. The van der Waals surface area contributed by atoms with Gasteiger partial charge in [-0.05, 0) is 25.7 Å². The van der Waals surface area contributed by atoms with Gasteiger partial charge in [0.05, 0.1) is 0 Å². The van der Waals surface area contributed by atoms with Crippen molar-refractivity contribution in [3.05, 3.63) is 0 Å². The molecule has 0 atom stereocenters. The van der Waals surface area contributed by atoms with Crippen LogP contribution in [0.4, 0.5) is 0 Å². The molecule has 1 aliphatic carbocycles. The van der Waals surface area contributed by atoms with Gasteiger partial charge in [0.2, 0.25) is 5.91 Å². The number of hydrogen-bond donors (Lipinski definition) is 0. The molecular weight excluding hydrogens is 162 g/mol. The van der Waals surface area contributed by atoms with Crippen LogP contribution < -0.4 is 0 Å². The van der Waals surface area contributed by atoms with E-state index < -0.39 is 0 Å². The first-order valence-electron chi connectivity index (χ1n) is 4.84. The van der Waals surface area contributed by atoms with Crippen molar-refractivity contribution in [2.45, 2.75) is 38.6 Å². The summed E-state index contributed by atoms with van der Waals surface area (Å²) in [5.41, 5.74) is 0. The standard InChI is InChI=1S/C11H17NO/c1-4-10-5-7-11(8-6-10)12(3)9(2)13/h1,10-11H,5-8H2,2-3H3. The van der Waals surface area contributed by atoms with E-state index in [-0.39, 0.29) is 5.91 Å². The van der Waals surface area contributed by atoms with Crippen LogP contribution in [0.3, 0.4) is 0 Å². The molecule has 1 fully saturated rings. The predicted octanol–water partition coefficient (Wildman–Crippen LogP) is 1.66. The van der Waals surface area contributed by atoms with Crippen LogP contribution in [0.25, 0.3) is 0 Å². The average molecular weight is 179 g/mol. The second-order valence-electron chi connectivity index (χ2n) is 3.80. The van der Waals surface area contributed by atoms with Crippen LogP contribution in [0.2, 0.25) is 0 Å². The fraction of sp³-hybridized carbons (Fsp3) is 0.727. The Balaban J connectivity index is 2.41. The van der Waals surface area contributed by atoms with Crippen LogP contribution in [0.5, 0.6) is 0 Å². The van der Waals surface area contributed by atoms with Crippen molar-refractivity contribution in [1.82, 2.24) is 4.90 Å². The van der Waals surface area contributed by atoms with E-state index in [9.17, 15) is 4.79 Å². The third kappa shape index (κ3) is 2.48. The number of terminal acetylenes is 1. The van der Waals surface area contributed by atoms with Gasteiger partial charge in [0, 0.05) is 25.9 Å². The summed E-state index contributed by atoms with van der Waals surface area (Å²) in [5, 5.41) is 0. The predicted molar refractivity (Wildman–Crippen MR) is 53.0 cm³/mol. The Bertz CT molecular complexity index is 221. The van der Waals surface area contributed by atoms with E-state index in [0.29, 0.717) is 12.0 Å². The van der Waals surface area contributed by atoms with Gasteiger partial charge in [-0.15, -0.1) is 12.3 Å². The Kier molecular flexibility index (Phi) is 3.36. The van der Waals surface area contributed by atoms with Crippen molar-refractivity contribution in [1.29, 1.82) is 0 Å². The van der Waals surface area contributed by atoms with E-state index in [1.165, 1.54) is 0 Å². The summed E-state index contributed by atoms with van der Waals surface area (Å²) in [6, 6.07) is 0.419. The summed E-state index contributed by atoms with van der Waals surface area (Å²) in [4.78, 5) is 12.9. The molecule has 2 nitrogen and oxygen atoms in total. The van der Waals surface area contributed by atoms with Crippen LogP contribution in [-0.4, -0.2) is 23.9 Å². The molecule has 0 aromatic rings. The maximum atomic E-state index is 11.1. The minimum Gasteiger partial charge on any atom is -0.343 e. The minimum absolute atomic E-state index is 0.157. The fourth-order valence-electron chi connectivity index (χ4n) is 1.89. The number of carbonyl (C=O) groups is 1. The molecule has 0 bridgehead atoms. The molecule has 0 spiro atoms. The van der Waals surface area contributed by atoms with Crippen LogP contribution in [0.1, 0.15) is 32.6 Å². The zero-order valence-corrected chi connectivity index (χ0v) is 8.42. The van der Waals surface area contributed by atoms with Crippen molar-refractivity contribution >= 4 is 5.91 Å². The molecule has 0 saturated heterocycles. The Morgan fingerprint density at radius 1 is 1.38 bits per heavy atom. The third-order valence-corrected chi connectivity index (χ3v) is 2.98. The summed E-state index contributed by atoms with van der Waals surface area (Å²) in [6.07, 6.45) is 9.61. The first kappa shape index (κ1) is 10.1. The van der Waals surface area contributed by atoms with Crippen molar-refractivity contribution < 1.29 is 4.79 Å². The zero-order chi connectivity index (χ0) is 9.84. The average Bonchev–Trinajstić information content (AvgIpc) is 2.17. The molecular formula is C11H17NO. The van der Waals surface area contributed by atoms with Crippen molar-refractivity contribution in [3.63, 3.8) is 0 Å². The quantitative estimate of drug-likeness (QED) is 0.560. The summed E-state index contributed by atoms with van der Waals surface area (Å²) in [6.45, 7) is 1.62. The van der Waals surface area contributed by atoms with Crippen molar-refractivity contribution in [2.75, 3.05) is 7.05 Å². The number of hydrogen-bond acceptors (Lipinski definition) is 1. The molecule has 1 aliphatic rings. The Hall–Kier alpha value is -0.970. The number of amides is 1. The van der Waals surface area contributed by atoms with E-state index in [0.717, 1.165) is 25.7 Å². The summed E-state index contributed by atoms with van der Waals surface area (Å²) in [5.74, 6) is 3.39. The molecule has 2 heteroatoms.